The largest absolute Gasteiger partial charge is 0.394 e. The third-order valence-corrected chi connectivity index (χ3v) is 3.08. The minimum Gasteiger partial charge on any atom is -0.394 e. The summed E-state index contributed by atoms with van der Waals surface area (Å²) in [5, 5.41) is 19.6. The molecule has 0 unspecified atom stereocenters. The van der Waals surface area contributed by atoms with E-state index in [1.807, 2.05) is 6.07 Å². The molecule has 0 aliphatic heterocycles. The Morgan fingerprint density at radius 1 is 1.50 bits per heavy atom. The molecule has 0 saturated heterocycles. The minimum atomic E-state index is -0.0366. The molecule has 0 spiro atoms. The van der Waals surface area contributed by atoms with Crippen molar-refractivity contribution in [2.24, 2.45) is 0 Å². The van der Waals surface area contributed by atoms with E-state index in [1.54, 1.807) is 6.20 Å². The smallest absolute Gasteiger partial charge is 0.0613 e. The first-order chi connectivity index (χ1) is 6.85. The van der Waals surface area contributed by atoms with Crippen molar-refractivity contribution in [3.63, 3.8) is 0 Å². The van der Waals surface area contributed by atoms with Crippen LogP contribution in [0.15, 0.2) is 12.3 Å². The predicted octanol–water partition coefficient (Wildman–Crippen LogP) is 0.804. The number of aliphatic hydroxyl groups excluding tert-OH is 1. The average molecular weight is 195 g/mol. The number of hydrogen-bond donors (Lipinski definition) is 3. The minimum absolute atomic E-state index is 0.0366. The third-order valence-electron chi connectivity index (χ3n) is 3.08. The molecule has 14 heavy (non-hydrogen) atoms. The zero-order valence-corrected chi connectivity index (χ0v) is 8.29. The fourth-order valence-electron chi connectivity index (χ4n) is 2.11. The molecule has 1 aromatic rings. The zero-order chi connectivity index (χ0) is 9.86. The van der Waals surface area contributed by atoms with E-state index in [2.05, 4.69) is 15.5 Å². The number of H-pyrrole nitrogens is 1. The monoisotopic (exact) mass is 195 g/mol. The highest BCUT2D eigenvalue weighted by atomic mass is 16.3. The van der Waals surface area contributed by atoms with E-state index in [4.69, 9.17) is 0 Å². The first-order valence-electron chi connectivity index (χ1n) is 5.19. The van der Waals surface area contributed by atoms with Gasteiger partial charge in [-0.15, -0.1) is 0 Å². The Bertz CT molecular complexity index is 265. The summed E-state index contributed by atoms with van der Waals surface area (Å²) in [5.74, 6) is 0. The summed E-state index contributed by atoms with van der Waals surface area (Å²) in [6, 6.07) is 1.95. The predicted molar refractivity (Wildman–Crippen MR) is 53.7 cm³/mol. The van der Waals surface area contributed by atoms with Crippen molar-refractivity contribution in [3.05, 3.63) is 18.0 Å². The van der Waals surface area contributed by atoms with Crippen LogP contribution in [-0.2, 0) is 6.54 Å². The summed E-state index contributed by atoms with van der Waals surface area (Å²) in [6.45, 7) is 1.00. The molecule has 1 aromatic heterocycles. The molecular formula is C10H17N3O. The van der Waals surface area contributed by atoms with Crippen LogP contribution in [-0.4, -0.2) is 27.4 Å². The Morgan fingerprint density at radius 3 is 2.86 bits per heavy atom. The number of aromatic nitrogens is 2. The summed E-state index contributed by atoms with van der Waals surface area (Å²) in [5.41, 5.74) is 1.04. The highest BCUT2D eigenvalue weighted by molar-refractivity contribution is 5.00. The summed E-state index contributed by atoms with van der Waals surface area (Å²) < 4.78 is 0. The van der Waals surface area contributed by atoms with Gasteiger partial charge in [0.05, 0.1) is 6.61 Å². The van der Waals surface area contributed by atoms with E-state index in [1.165, 1.54) is 12.8 Å². The molecule has 0 atom stereocenters. The van der Waals surface area contributed by atoms with Crippen molar-refractivity contribution in [2.45, 2.75) is 37.8 Å². The molecule has 0 bridgehead atoms. The standard InChI is InChI=1S/C10H17N3O/c14-8-10(4-1-2-5-10)11-7-9-3-6-12-13-9/h3,6,11,14H,1-2,4-5,7-8H2,(H,12,13). The second-order valence-corrected chi connectivity index (χ2v) is 4.08. The molecule has 1 aliphatic rings. The normalized spacial score (nSPS) is 20.1. The summed E-state index contributed by atoms with van der Waals surface area (Å²) in [7, 11) is 0. The highest BCUT2D eigenvalue weighted by Gasteiger charge is 2.32. The Kier molecular flexibility index (Phi) is 2.84. The Balaban J connectivity index is 1.89. The zero-order valence-electron chi connectivity index (χ0n) is 8.29. The molecule has 1 saturated carbocycles. The lowest BCUT2D eigenvalue weighted by molar-refractivity contribution is 0.162. The topological polar surface area (TPSA) is 60.9 Å². The number of nitrogens with one attached hydrogen (secondary N) is 2. The average Bonchev–Trinajstić information content (AvgIpc) is 2.87. The maximum Gasteiger partial charge on any atom is 0.0613 e. The van der Waals surface area contributed by atoms with E-state index in [0.717, 1.165) is 25.1 Å². The second-order valence-electron chi connectivity index (χ2n) is 4.08. The van der Waals surface area contributed by atoms with E-state index in [-0.39, 0.29) is 12.1 Å². The van der Waals surface area contributed by atoms with Gasteiger partial charge in [-0.25, -0.2) is 0 Å². The van der Waals surface area contributed by atoms with Gasteiger partial charge in [0.15, 0.2) is 0 Å². The Morgan fingerprint density at radius 2 is 2.29 bits per heavy atom. The van der Waals surface area contributed by atoms with E-state index in [0.29, 0.717) is 0 Å². The lowest BCUT2D eigenvalue weighted by Gasteiger charge is -2.27. The maximum absolute atomic E-state index is 9.36. The van der Waals surface area contributed by atoms with Crippen LogP contribution < -0.4 is 5.32 Å². The summed E-state index contributed by atoms with van der Waals surface area (Å²) >= 11 is 0. The molecule has 4 heteroatoms. The van der Waals surface area contributed by atoms with Crippen LogP contribution in [0.4, 0.5) is 0 Å². The van der Waals surface area contributed by atoms with Gasteiger partial charge >= 0.3 is 0 Å². The van der Waals surface area contributed by atoms with Crippen LogP contribution >= 0.6 is 0 Å². The third kappa shape index (κ3) is 1.96. The molecule has 1 heterocycles. The summed E-state index contributed by atoms with van der Waals surface area (Å²) in [4.78, 5) is 0. The lowest BCUT2D eigenvalue weighted by atomic mass is 9.99. The van der Waals surface area contributed by atoms with Gasteiger partial charge in [0.1, 0.15) is 0 Å². The van der Waals surface area contributed by atoms with Crippen LogP contribution in [0.3, 0.4) is 0 Å². The molecule has 0 amide bonds. The first kappa shape index (κ1) is 9.68. The fraction of sp³-hybridized carbons (Fsp3) is 0.700. The van der Waals surface area contributed by atoms with Gasteiger partial charge < -0.3 is 10.4 Å². The number of nitrogens with zero attached hydrogens (tertiary/aromatic N) is 1. The maximum atomic E-state index is 9.36. The molecule has 1 fully saturated rings. The van der Waals surface area contributed by atoms with Crippen molar-refractivity contribution in [1.29, 1.82) is 0 Å². The van der Waals surface area contributed by atoms with Crippen molar-refractivity contribution < 1.29 is 5.11 Å². The van der Waals surface area contributed by atoms with Crippen LogP contribution in [0.5, 0.6) is 0 Å². The van der Waals surface area contributed by atoms with E-state index >= 15 is 0 Å². The summed E-state index contributed by atoms with van der Waals surface area (Å²) in [6.07, 6.45) is 6.35. The van der Waals surface area contributed by atoms with Gasteiger partial charge in [-0.05, 0) is 18.9 Å². The van der Waals surface area contributed by atoms with Crippen LogP contribution in [0, 0.1) is 0 Å². The lowest BCUT2D eigenvalue weighted by Crippen LogP contribution is -2.45. The van der Waals surface area contributed by atoms with Crippen molar-refractivity contribution in [1.82, 2.24) is 15.5 Å². The molecular weight excluding hydrogens is 178 g/mol. The number of aromatic amines is 1. The van der Waals surface area contributed by atoms with Crippen molar-refractivity contribution >= 4 is 0 Å². The van der Waals surface area contributed by atoms with Gasteiger partial charge in [0, 0.05) is 24.0 Å². The number of rotatable bonds is 4. The molecule has 0 radical (unpaired) electrons. The van der Waals surface area contributed by atoms with E-state index < -0.39 is 0 Å². The Hall–Kier alpha value is -0.870. The number of aliphatic hydroxyl groups is 1. The van der Waals surface area contributed by atoms with Gasteiger partial charge in [0.25, 0.3) is 0 Å². The van der Waals surface area contributed by atoms with Crippen LogP contribution in [0.1, 0.15) is 31.4 Å². The molecule has 4 nitrogen and oxygen atoms in total. The quantitative estimate of drug-likeness (QED) is 0.666. The van der Waals surface area contributed by atoms with Gasteiger partial charge in [-0.1, -0.05) is 12.8 Å². The number of hydrogen-bond acceptors (Lipinski definition) is 3. The van der Waals surface area contributed by atoms with Crippen LogP contribution in [0.25, 0.3) is 0 Å². The molecule has 2 rings (SSSR count). The first-order valence-corrected chi connectivity index (χ1v) is 5.19. The molecule has 3 N–H and O–H groups in total. The fourth-order valence-corrected chi connectivity index (χ4v) is 2.11. The van der Waals surface area contributed by atoms with Crippen LogP contribution in [0.2, 0.25) is 0 Å². The molecule has 0 aromatic carbocycles. The molecule has 1 aliphatic carbocycles. The van der Waals surface area contributed by atoms with E-state index in [9.17, 15) is 5.11 Å². The molecule has 78 valence electrons. The Labute approximate surface area is 83.7 Å². The second kappa shape index (κ2) is 4.11. The van der Waals surface area contributed by atoms with Gasteiger partial charge in [-0.2, -0.15) is 5.10 Å². The van der Waals surface area contributed by atoms with Gasteiger partial charge in [0.2, 0.25) is 0 Å². The highest BCUT2D eigenvalue weighted by Crippen LogP contribution is 2.29. The van der Waals surface area contributed by atoms with Crippen molar-refractivity contribution in [2.75, 3.05) is 6.61 Å². The van der Waals surface area contributed by atoms with Gasteiger partial charge in [-0.3, -0.25) is 5.10 Å². The van der Waals surface area contributed by atoms with Crippen molar-refractivity contribution in [3.8, 4) is 0 Å². The SMILES string of the molecule is OCC1(NCc2ccn[nH]2)CCCC1.